The van der Waals surface area contributed by atoms with E-state index in [-0.39, 0.29) is 23.3 Å². The number of anilines is 1. The van der Waals surface area contributed by atoms with E-state index in [1.165, 1.54) is 18.3 Å². The zero-order valence-corrected chi connectivity index (χ0v) is 12.0. The number of carbonyl (C=O) groups excluding carboxylic acids is 1. The Hall–Kier alpha value is -2.97. The molecule has 0 saturated carbocycles. The van der Waals surface area contributed by atoms with Gasteiger partial charge in [0.2, 0.25) is 0 Å². The standard InChI is InChI=1S/C15H10F4N4O/c16-10-2-1-8(3-4-24)5-9(10)11-6-21-14-13(20)22-12(7-23(11)14)15(17,18)19/h1-2,4-7H,3H2,(H2,20,22). The van der Waals surface area contributed by atoms with Crippen LogP contribution in [0.2, 0.25) is 0 Å². The van der Waals surface area contributed by atoms with Crippen molar-refractivity contribution in [2.45, 2.75) is 12.6 Å². The van der Waals surface area contributed by atoms with Crippen molar-refractivity contribution in [1.82, 2.24) is 14.4 Å². The van der Waals surface area contributed by atoms with Crippen LogP contribution in [0.4, 0.5) is 23.4 Å². The van der Waals surface area contributed by atoms with Crippen LogP contribution in [0.5, 0.6) is 0 Å². The number of alkyl halides is 3. The molecule has 2 N–H and O–H groups in total. The average molecular weight is 338 g/mol. The van der Waals surface area contributed by atoms with Gasteiger partial charge < -0.3 is 10.5 Å². The molecular weight excluding hydrogens is 328 g/mol. The van der Waals surface area contributed by atoms with Crippen LogP contribution in [-0.2, 0) is 17.4 Å². The Kier molecular flexibility index (Phi) is 3.70. The number of imidazole rings is 1. The van der Waals surface area contributed by atoms with Crippen molar-refractivity contribution in [1.29, 1.82) is 0 Å². The SMILES string of the molecule is Nc1nc(C(F)(F)F)cn2c(-c3cc(CC=O)ccc3F)cnc12. The molecule has 0 atom stereocenters. The first-order valence-corrected chi connectivity index (χ1v) is 6.74. The van der Waals surface area contributed by atoms with E-state index in [2.05, 4.69) is 9.97 Å². The first-order valence-electron chi connectivity index (χ1n) is 6.74. The van der Waals surface area contributed by atoms with Gasteiger partial charge in [-0.2, -0.15) is 13.2 Å². The fraction of sp³-hybridized carbons (Fsp3) is 0.133. The van der Waals surface area contributed by atoms with E-state index in [1.807, 2.05) is 0 Å². The van der Waals surface area contributed by atoms with E-state index >= 15 is 0 Å². The van der Waals surface area contributed by atoms with Crippen LogP contribution in [0.1, 0.15) is 11.3 Å². The topological polar surface area (TPSA) is 73.3 Å². The molecular formula is C15H10F4N4O. The van der Waals surface area contributed by atoms with Gasteiger partial charge in [0.25, 0.3) is 0 Å². The minimum absolute atomic E-state index is 0.0144. The van der Waals surface area contributed by atoms with Gasteiger partial charge in [-0.05, 0) is 17.7 Å². The van der Waals surface area contributed by atoms with Gasteiger partial charge in [-0.3, -0.25) is 4.40 Å². The minimum Gasteiger partial charge on any atom is -0.381 e. The Balaban J connectivity index is 2.26. The molecule has 2 aromatic heterocycles. The predicted molar refractivity (Wildman–Crippen MR) is 77.6 cm³/mol. The lowest BCUT2D eigenvalue weighted by Crippen LogP contribution is -2.12. The Labute approximate surface area is 132 Å². The second-order valence-corrected chi connectivity index (χ2v) is 5.03. The quantitative estimate of drug-likeness (QED) is 0.589. The summed E-state index contributed by atoms with van der Waals surface area (Å²) >= 11 is 0. The molecule has 0 saturated heterocycles. The maximum absolute atomic E-state index is 14.1. The number of rotatable bonds is 3. The van der Waals surface area contributed by atoms with Gasteiger partial charge in [0.05, 0.1) is 11.9 Å². The molecule has 0 amide bonds. The largest absolute Gasteiger partial charge is 0.434 e. The van der Waals surface area contributed by atoms with E-state index in [0.29, 0.717) is 18.0 Å². The summed E-state index contributed by atoms with van der Waals surface area (Å²) in [4.78, 5) is 17.8. The number of nitrogen functional groups attached to an aromatic ring is 1. The fourth-order valence-corrected chi connectivity index (χ4v) is 2.34. The van der Waals surface area contributed by atoms with Gasteiger partial charge in [0.15, 0.2) is 17.2 Å². The van der Waals surface area contributed by atoms with Crippen molar-refractivity contribution in [3.8, 4) is 11.3 Å². The van der Waals surface area contributed by atoms with Crippen LogP contribution in [0, 0.1) is 5.82 Å². The number of hydrogen-bond acceptors (Lipinski definition) is 4. The summed E-state index contributed by atoms with van der Waals surface area (Å²) in [7, 11) is 0. The molecule has 0 aliphatic carbocycles. The number of halogens is 4. The van der Waals surface area contributed by atoms with Crippen molar-refractivity contribution >= 4 is 17.8 Å². The third-order valence-corrected chi connectivity index (χ3v) is 3.43. The summed E-state index contributed by atoms with van der Waals surface area (Å²) in [5.41, 5.74) is 4.91. The molecule has 3 aromatic rings. The second kappa shape index (κ2) is 5.59. The van der Waals surface area contributed by atoms with Crippen molar-refractivity contribution in [2.75, 3.05) is 5.73 Å². The van der Waals surface area contributed by atoms with Gasteiger partial charge in [-0.25, -0.2) is 14.4 Å². The lowest BCUT2D eigenvalue weighted by atomic mass is 10.1. The number of aromatic nitrogens is 3. The maximum atomic E-state index is 14.1. The van der Waals surface area contributed by atoms with Crippen LogP contribution in [0.25, 0.3) is 16.9 Å². The minimum atomic E-state index is -4.71. The number of nitrogens with zero attached hydrogens (tertiary/aromatic N) is 3. The molecule has 0 fully saturated rings. The van der Waals surface area contributed by atoms with Gasteiger partial charge in [-0.1, -0.05) is 6.07 Å². The molecule has 0 spiro atoms. The first-order chi connectivity index (χ1) is 11.3. The van der Waals surface area contributed by atoms with Crippen LogP contribution in [0.3, 0.4) is 0 Å². The van der Waals surface area contributed by atoms with Crippen molar-refractivity contribution in [2.24, 2.45) is 0 Å². The number of carbonyl (C=O) groups is 1. The molecule has 3 rings (SSSR count). The first kappa shape index (κ1) is 15.9. The number of hydrogen-bond donors (Lipinski definition) is 1. The van der Waals surface area contributed by atoms with Crippen molar-refractivity contribution < 1.29 is 22.4 Å². The zero-order valence-electron chi connectivity index (χ0n) is 12.0. The highest BCUT2D eigenvalue weighted by Crippen LogP contribution is 2.32. The molecule has 9 heteroatoms. The Morgan fingerprint density at radius 3 is 2.71 bits per heavy atom. The molecule has 0 aliphatic heterocycles. The fourth-order valence-electron chi connectivity index (χ4n) is 2.34. The third-order valence-electron chi connectivity index (χ3n) is 3.43. The normalized spacial score (nSPS) is 11.8. The van der Waals surface area contributed by atoms with Gasteiger partial charge in [0, 0.05) is 18.2 Å². The highest BCUT2D eigenvalue weighted by atomic mass is 19.4. The number of fused-ring (bicyclic) bond motifs is 1. The zero-order chi connectivity index (χ0) is 17.5. The summed E-state index contributed by atoms with van der Waals surface area (Å²) in [5.74, 6) is -1.07. The molecule has 0 radical (unpaired) electrons. The summed E-state index contributed by atoms with van der Waals surface area (Å²) < 4.78 is 53.9. The monoisotopic (exact) mass is 338 g/mol. The molecule has 0 aliphatic rings. The van der Waals surface area contributed by atoms with Gasteiger partial charge in [0.1, 0.15) is 12.1 Å². The molecule has 5 nitrogen and oxygen atoms in total. The van der Waals surface area contributed by atoms with Crippen molar-refractivity contribution in [3.05, 3.63) is 47.7 Å². The maximum Gasteiger partial charge on any atom is 0.434 e. The molecule has 124 valence electrons. The van der Waals surface area contributed by atoms with E-state index in [1.54, 1.807) is 0 Å². The lowest BCUT2D eigenvalue weighted by Gasteiger charge is -2.10. The summed E-state index contributed by atoms with van der Waals surface area (Å²) in [5, 5.41) is 0. The van der Waals surface area contributed by atoms with Crippen LogP contribution in [-0.4, -0.2) is 20.7 Å². The Morgan fingerprint density at radius 1 is 1.29 bits per heavy atom. The van der Waals surface area contributed by atoms with E-state index < -0.39 is 23.5 Å². The summed E-state index contributed by atoms with van der Waals surface area (Å²) in [6.45, 7) is 0. The molecule has 0 bridgehead atoms. The third kappa shape index (κ3) is 2.68. The molecule has 2 heterocycles. The molecule has 0 unspecified atom stereocenters. The van der Waals surface area contributed by atoms with E-state index in [9.17, 15) is 22.4 Å². The van der Waals surface area contributed by atoms with Crippen LogP contribution >= 0.6 is 0 Å². The van der Waals surface area contributed by atoms with E-state index in [0.717, 1.165) is 10.5 Å². The second-order valence-electron chi connectivity index (χ2n) is 5.03. The molecule has 1 aromatic carbocycles. The Morgan fingerprint density at radius 2 is 2.04 bits per heavy atom. The number of benzene rings is 1. The van der Waals surface area contributed by atoms with Crippen LogP contribution in [0.15, 0.2) is 30.6 Å². The number of nitrogens with two attached hydrogens (primary N) is 1. The summed E-state index contributed by atoms with van der Waals surface area (Å²) in [6.07, 6.45) is -2.09. The predicted octanol–water partition coefficient (Wildman–Crippen LogP) is 2.88. The Bertz CT molecular complexity index is 933. The smallest absolute Gasteiger partial charge is 0.381 e. The van der Waals surface area contributed by atoms with Crippen molar-refractivity contribution in [3.63, 3.8) is 0 Å². The highest BCUT2D eigenvalue weighted by Gasteiger charge is 2.34. The number of aldehydes is 1. The van der Waals surface area contributed by atoms with E-state index in [4.69, 9.17) is 5.73 Å². The lowest BCUT2D eigenvalue weighted by molar-refractivity contribution is -0.141. The van der Waals surface area contributed by atoms with Gasteiger partial charge in [-0.15, -0.1) is 0 Å². The van der Waals surface area contributed by atoms with Crippen LogP contribution < -0.4 is 5.73 Å². The summed E-state index contributed by atoms with van der Waals surface area (Å²) in [6, 6.07) is 3.95. The molecule has 24 heavy (non-hydrogen) atoms. The average Bonchev–Trinajstić information content (AvgIpc) is 2.93. The van der Waals surface area contributed by atoms with Gasteiger partial charge >= 0.3 is 6.18 Å². The highest BCUT2D eigenvalue weighted by molar-refractivity contribution is 5.71.